The van der Waals surface area contributed by atoms with Gasteiger partial charge in [0.2, 0.25) is 4.77 Å². The van der Waals surface area contributed by atoms with E-state index in [1.807, 2.05) is 30.4 Å². The summed E-state index contributed by atoms with van der Waals surface area (Å²) in [6.07, 6.45) is 2.40. The average Bonchev–Trinajstić information content (AvgIpc) is 3.05. The first-order valence-corrected chi connectivity index (χ1v) is 10.1. The van der Waals surface area contributed by atoms with Crippen molar-refractivity contribution in [2.24, 2.45) is 0 Å². The van der Waals surface area contributed by atoms with Gasteiger partial charge < -0.3 is 0 Å². The van der Waals surface area contributed by atoms with E-state index >= 15 is 0 Å². The lowest BCUT2D eigenvalue weighted by atomic mass is 10.1. The van der Waals surface area contributed by atoms with Crippen molar-refractivity contribution in [2.45, 2.75) is 33.0 Å². The molecule has 1 saturated heterocycles. The first-order valence-electron chi connectivity index (χ1n) is 7.89. The minimum atomic E-state index is -2.89. The van der Waals surface area contributed by atoms with Crippen LogP contribution < -0.4 is 0 Å². The molecule has 1 aromatic carbocycles. The summed E-state index contributed by atoms with van der Waals surface area (Å²) in [6.45, 7) is 4.57. The van der Waals surface area contributed by atoms with Crippen LogP contribution in [0.2, 0.25) is 0 Å². The summed E-state index contributed by atoms with van der Waals surface area (Å²) in [5, 5.41) is 4.39. The first-order chi connectivity index (χ1) is 11.3. The van der Waals surface area contributed by atoms with Crippen molar-refractivity contribution in [3.05, 3.63) is 40.4 Å². The van der Waals surface area contributed by atoms with E-state index < -0.39 is 9.84 Å². The van der Waals surface area contributed by atoms with Gasteiger partial charge in [-0.25, -0.2) is 13.1 Å². The molecule has 0 saturated carbocycles. The lowest BCUT2D eigenvalue weighted by Gasteiger charge is -2.22. The van der Waals surface area contributed by atoms with Crippen molar-refractivity contribution in [3.8, 4) is 5.69 Å². The zero-order valence-corrected chi connectivity index (χ0v) is 15.8. The van der Waals surface area contributed by atoms with Gasteiger partial charge in [0.25, 0.3) is 0 Å². The Morgan fingerprint density at radius 2 is 2.12 bits per heavy atom. The van der Waals surface area contributed by atoms with Crippen LogP contribution in [0.5, 0.6) is 0 Å². The van der Waals surface area contributed by atoms with Gasteiger partial charge in [-0.1, -0.05) is 12.1 Å². The van der Waals surface area contributed by atoms with Crippen molar-refractivity contribution in [3.63, 3.8) is 0 Å². The molecular formula is C16H22N4O2S2. The maximum Gasteiger partial charge on any atom is 0.203 e. The van der Waals surface area contributed by atoms with Crippen molar-refractivity contribution in [1.82, 2.24) is 19.2 Å². The fourth-order valence-electron chi connectivity index (χ4n) is 3.03. The number of benzene rings is 1. The lowest BCUT2D eigenvalue weighted by molar-refractivity contribution is 0.196. The molecule has 130 valence electrons. The number of sulfone groups is 1. The molecule has 1 atom stereocenters. The van der Waals surface area contributed by atoms with Gasteiger partial charge in [-0.3, -0.25) is 9.47 Å². The molecule has 0 radical (unpaired) electrons. The number of hydrogen-bond acceptors (Lipinski definition) is 5. The Labute approximate surface area is 147 Å². The molecule has 6 nitrogen and oxygen atoms in total. The number of nitrogens with zero attached hydrogens (tertiary/aromatic N) is 4. The fraction of sp³-hybridized carbons (Fsp3) is 0.500. The SMILES string of the molecule is Cc1ccc(C)c(-n2cnn(CN(C)[C@H]3CCS(=O)(=O)C3)c2=S)c1. The van der Waals surface area contributed by atoms with E-state index in [0.29, 0.717) is 17.9 Å². The fourth-order valence-corrected chi connectivity index (χ4v) is 5.08. The normalized spacial score (nSPS) is 19.9. The molecule has 0 amide bonds. The monoisotopic (exact) mass is 366 g/mol. The lowest BCUT2D eigenvalue weighted by Crippen LogP contribution is -2.34. The summed E-state index contributed by atoms with van der Waals surface area (Å²) in [7, 11) is -0.973. The van der Waals surface area contributed by atoms with E-state index in [0.717, 1.165) is 11.3 Å². The number of aromatic nitrogens is 3. The van der Waals surface area contributed by atoms with Gasteiger partial charge >= 0.3 is 0 Å². The zero-order valence-electron chi connectivity index (χ0n) is 14.1. The van der Waals surface area contributed by atoms with Crippen LogP contribution in [0.15, 0.2) is 24.5 Å². The molecule has 0 bridgehead atoms. The molecule has 1 aliphatic rings. The van der Waals surface area contributed by atoms with E-state index in [4.69, 9.17) is 12.2 Å². The number of aryl methyl sites for hydroxylation is 2. The Balaban J connectivity index is 1.83. The molecule has 0 spiro atoms. The third-order valence-electron chi connectivity index (χ3n) is 4.55. The Hall–Kier alpha value is -1.51. The van der Waals surface area contributed by atoms with Gasteiger partial charge in [0, 0.05) is 6.04 Å². The highest BCUT2D eigenvalue weighted by Gasteiger charge is 2.30. The summed E-state index contributed by atoms with van der Waals surface area (Å²) in [5.74, 6) is 0.485. The predicted molar refractivity (Wildman–Crippen MR) is 96.7 cm³/mol. The third-order valence-corrected chi connectivity index (χ3v) is 6.70. The molecule has 3 rings (SSSR count). The molecule has 2 aromatic rings. The van der Waals surface area contributed by atoms with Crippen LogP contribution in [0.3, 0.4) is 0 Å². The summed E-state index contributed by atoms with van der Waals surface area (Å²) in [6, 6.07) is 6.26. The van der Waals surface area contributed by atoms with Gasteiger partial charge in [-0.15, -0.1) is 0 Å². The molecule has 2 heterocycles. The van der Waals surface area contributed by atoms with E-state index in [-0.39, 0.29) is 17.5 Å². The maximum atomic E-state index is 11.6. The molecule has 0 N–H and O–H groups in total. The molecular weight excluding hydrogens is 344 g/mol. The van der Waals surface area contributed by atoms with Gasteiger partial charge in [-0.05, 0) is 56.7 Å². The average molecular weight is 367 g/mol. The second-order valence-corrected chi connectivity index (χ2v) is 9.12. The minimum Gasteiger partial charge on any atom is -0.283 e. The summed E-state index contributed by atoms with van der Waals surface area (Å²) >= 11 is 5.57. The topological polar surface area (TPSA) is 60.1 Å². The smallest absolute Gasteiger partial charge is 0.203 e. The van der Waals surface area contributed by atoms with E-state index in [9.17, 15) is 8.42 Å². The third kappa shape index (κ3) is 3.45. The Morgan fingerprint density at radius 3 is 2.79 bits per heavy atom. The molecule has 1 fully saturated rings. The molecule has 0 unspecified atom stereocenters. The minimum absolute atomic E-state index is 0.0303. The van der Waals surface area contributed by atoms with Crippen LogP contribution in [0.4, 0.5) is 0 Å². The van der Waals surface area contributed by atoms with Gasteiger partial charge in [0.15, 0.2) is 9.84 Å². The second-order valence-electron chi connectivity index (χ2n) is 6.53. The number of rotatable bonds is 4. The van der Waals surface area contributed by atoms with Crippen molar-refractivity contribution in [1.29, 1.82) is 0 Å². The van der Waals surface area contributed by atoms with E-state index in [2.05, 4.69) is 23.3 Å². The molecule has 1 aromatic heterocycles. The zero-order chi connectivity index (χ0) is 17.5. The van der Waals surface area contributed by atoms with Crippen molar-refractivity contribution >= 4 is 22.1 Å². The van der Waals surface area contributed by atoms with E-state index in [1.165, 1.54) is 5.56 Å². The van der Waals surface area contributed by atoms with Crippen LogP contribution in [-0.2, 0) is 16.5 Å². The Kier molecular flexibility index (Phi) is 4.63. The van der Waals surface area contributed by atoms with E-state index in [1.54, 1.807) is 11.0 Å². The summed E-state index contributed by atoms with van der Waals surface area (Å²) in [4.78, 5) is 2.01. The van der Waals surface area contributed by atoms with Gasteiger partial charge in [0.1, 0.15) is 6.33 Å². The van der Waals surface area contributed by atoms with Gasteiger partial charge in [0.05, 0.1) is 23.9 Å². The van der Waals surface area contributed by atoms with Crippen molar-refractivity contribution in [2.75, 3.05) is 18.6 Å². The second kappa shape index (κ2) is 6.42. The highest BCUT2D eigenvalue weighted by atomic mass is 32.2. The standard InChI is InChI=1S/C16H22N4O2S2/c1-12-4-5-13(2)15(8-12)19-10-17-20(16(19)23)11-18(3)14-6-7-24(21,22)9-14/h4-5,8,10,14H,6-7,9,11H2,1-3H3/t14-/m0/s1. The van der Waals surface area contributed by atoms with Crippen molar-refractivity contribution < 1.29 is 8.42 Å². The molecule has 0 aliphatic carbocycles. The van der Waals surface area contributed by atoms with Crippen LogP contribution in [0.25, 0.3) is 5.69 Å². The maximum absolute atomic E-state index is 11.6. The summed E-state index contributed by atoms with van der Waals surface area (Å²) < 4.78 is 27.5. The first kappa shape index (κ1) is 17.3. The highest BCUT2D eigenvalue weighted by molar-refractivity contribution is 7.91. The molecule has 24 heavy (non-hydrogen) atoms. The quantitative estimate of drug-likeness (QED) is 0.776. The van der Waals surface area contributed by atoms with Crippen LogP contribution >= 0.6 is 12.2 Å². The molecule has 8 heteroatoms. The Bertz CT molecular complexity index is 914. The van der Waals surface area contributed by atoms with Crippen LogP contribution in [-0.4, -0.2) is 52.3 Å². The largest absolute Gasteiger partial charge is 0.283 e. The summed E-state index contributed by atoms with van der Waals surface area (Å²) in [5.41, 5.74) is 3.32. The number of hydrogen-bond donors (Lipinski definition) is 0. The van der Waals surface area contributed by atoms with Crippen LogP contribution in [0, 0.1) is 18.6 Å². The Morgan fingerprint density at radius 1 is 1.38 bits per heavy atom. The van der Waals surface area contributed by atoms with Gasteiger partial charge in [-0.2, -0.15) is 5.10 Å². The van der Waals surface area contributed by atoms with Crippen LogP contribution in [0.1, 0.15) is 17.5 Å². The highest BCUT2D eigenvalue weighted by Crippen LogP contribution is 2.19. The predicted octanol–water partition coefficient (Wildman–Crippen LogP) is 2.10. The molecule has 1 aliphatic heterocycles.